The normalized spacial score (nSPS) is 12.4. The summed E-state index contributed by atoms with van der Waals surface area (Å²) < 4.78 is 0. The Morgan fingerprint density at radius 1 is 0.579 bits per heavy atom. The maximum absolute atomic E-state index is 2.44. The standard InChI is InChI=1S/C37H33N/c1-28-19-23-33(24-20-28)38(37-18-10-16-30-15-8-9-17-35(30)37)34-25-21-29(22-26-34)27-36(31-11-4-2-5-12-31)32-13-6-3-7-14-32/h2-7,10-14,16,18-27H,8-9,15,17H2,1H3. The van der Waals surface area contributed by atoms with Gasteiger partial charge in [0.1, 0.15) is 0 Å². The molecule has 0 unspecified atom stereocenters. The van der Waals surface area contributed by atoms with E-state index in [-0.39, 0.29) is 0 Å². The lowest BCUT2D eigenvalue weighted by atomic mass is 9.89. The molecule has 0 heterocycles. The first kappa shape index (κ1) is 24.0. The molecule has 0 aliphatic heterocycles. The second-order valence-electron chi connectivity index (χ2n) is 10.2. The van der Waals surface area contributed by atoms with Crippen LogP contribution < -0.4 is 4.90 Å². The van der Waals surface area contributed by atoms with Gasteiger partial charge in [-0.25, -0.2) is 0 Å². The molecule has 0 fully saturated rings. The molecule has 0 spiro atoms. The van der Waals surface area contributed by atoms with Gasteiger partial charge in [-0.3, -0.25) is 0 Å². The average Bonchev–Trinajstić information content (AvgIpc) is 2.99. The van der Waals surface area contributed by atoms with Crippen molar-refractivity contribution >= 4 is 28.7 Å². The molecule has 0 bridgehead atoms. The van der Waals surface area contributed by atoms with E-state index in [9.17, 15) is 0 Å². The zero-order valence-corrected chi connectivity index (χ0v) is 22.0. The van der Waals surface area contributed by atoms with Gasteiger partial charge in [0, 0.05) is 17.1 Å². The van der Waals surface area contributed by atoms with Gasteiger partial charge in [-0.05, 0) is 102 Å². The number of aryl methyl sites for hydroxylation is 2. The third kappa shape index (κ3) is 5.06. The number of hydrogen-bond donors (Lipinski definition) is 0. The predicted octanol–water partition coefficient (Wildman–Crippen LogP) is 9.93. The Kier molecular flexibility index (Phi) is 6.91. The summed E-state index contributed by atoms with van der Waals surface area (Å²) in [5.74, 6) is 0. The van der Waals surface area contributed by atoms with Crippen molar-refractivity contribution in [1.29, 1.82) is 0 Å². The van der Waals surface area contributed by atoms with Crippen LogP contribution in [0.25, 0.3) is 11.6 Å². The van der Waals surface area contributed by atoms with E-state index in [0.717, 1.165) is 6.42 Å². The van der Waals surface area contributed by atoms with Gasteiger partial charge < -0.3 is 4.90 Å². The molecule has 1 aliphatic carbocycles. The maximum atomic E-state index is 2.44. The van der Waals surface area contributed by atoms with Crippen molar-refractivity contribution in [3.63, 3.8) is 0 Å². The summed E-state index contributed by atoms with van der Waals surface area (Å²) in [6.07, 6.45) is 7.17. The summed E-state index contributed by atoms with van der Waals surface area (Å²) >= 11 is 0. The Labute approximate surface area is 226 Å². The van der Waals surface area contributed by atoms with Crippen LogP contribution in [-0.2, 0) is 12.8 Å². The predicted molar refractivity (Wildman–Crippen MR) is 162 cm³/mol. The highest BCUT2D eigenvalue weighted by Crippen LogP contribution is 2.40. The average molecular weight is 492 g/mol. The van der Waals surface area contributed by atoms with Gasteiger partial charge in [0.2, 0.25) is 0 Å². The monoisotopic (exact) mass is 491 g/mol. The fourth-order valence-electron chi connectivity index (χ4n) is 5.55. The van der Waals surface area contributed by atoms with Crippen molar-refractivity contribution in [1.82, 2.24) is 0 Å². The Morgan fingerprint density at radius 2 is 1.16 bits per heavy atom. The zero-order chi connectivity index (χ0) is 25.7. The minimum absolute atomic E-state index is 1.15. The van der Waals surface area contributed by atoms with Crippen LogP contribution >= 0.6 is 0 Å². The third-order valence-corrected chi connectivity index (χ3v) is 7.54. The molecule has 186 valence electrons. The molecule has 5 aromatic carbocycles. The first-order chi connectivity index (χ1) is 18.8. The summed E-state index contributed by atoms with van der Waals surface area (Å²) in [5, 5.41) is 0. The molecule has 0 amide bonds. The van der Waals surface area contributed by atoms with E-state index in [4.69, 9.17) is 0 Å². The van der Waals surface area contributed by atoms with Gasteiger partial charge in [-0.2, -0.15) is 0 Å². The molecular formula is C37H33N. The molecular weight excluding hydrogens is 458 g/mol. The van der Waals surface area contributed by atoms with Crippen LogP contribution in [0.2, 0.25) is 0 Å². The van der Waals surface area contributed by atoms with Crippen LogP contribution in [0.1, 0.15) is 46.2 Å². The molecule has 6 rings (SSSR count). The molecule has 0 saturated heterocycles. The van der Waals surface area contributed by atoms with Crippen molar-refractivity contribution in [2.75, 3.05) is 4.90 Å². The van der Waals surface area contributed by atoms with Crippen LogP contribution in [0.3, 0.4) is 0 Å². The van der Waals surface area contributed by atoms with Crippen molar-refractivity contribution in [3.8, 4) is 0 Å². The molecule has 1 heteroatoms. The number of benzene rings is 5. The summed E-state index contributed by atoms with van der Waals surface area (Å²) in [6, 6.07) is 46.1. The highest BCUT2D eigenvalue weighted by Gasteiger charge is 2.20. The van der Waals surface area contributed by atoms with Gasteiger partial charge in [0.25, 0.3) is 0 Å². The lowest BCUT2D eigenvalue weighted by Gasteiger charge is -2.30. The summed E-state index contributed by atoms with van der Waals surface area (Å²) in [7, 11) is 0. The number of hydrogen-bond acceptors (Lipinski definition) is 1. The number of fused-ring (bicyclic) bond motifs is 1. The lowest BCUT2D eigenvalue weighted by molar-refractivity contribution is 0.686. The Morgan fingerprint density at radius 3 is 1.79 bits per heavy atom. The van der Waals surface area contributed by atoms with Gasteiger partial charge in [0.15, 0.2) is 0 Å². The van der Waals surface area contributed by atoms with Crippen LogP contribution in [0.15, 0.2) is 127 Å². The van der Waals surface area contributed by atoms with Gasteiger partial charge in [0.05, 0.1) is 0 Å². The maximum Gasteiger partial charge on any atom is 0.0496 e. The van der Waals surface area contributed by atoms with E-state index in [1.807, 2.05) is 0 Å². The Balaban J connectivity index is 1.43. The molecule has 1 nitrogen and oxygen atoms in total. The van der Waals surface area contributed by atoms with Crippen LogP contribution in [0.4, 0.5) is 17.1 Å². The number of anilines is 3. The molecule has 0 N–H and O–H groups in total. The van der Waals surface area contributed by atoms with E-state index in [0.29, 0.717) is 0 Å². The fourth-order valence-corrected chi connectivity index (χ4v) is 5.55. The third-order valence-electron chi connectivity index (χ3n) is 7.54. The van der Waals surface area contributed by atoms with Crippen molar-refractivity contribution in [2.24, 2.45) is 0 Å². The SMILES string of the molecule is Cc1ccc(N(c2ccc(C=C(c3ccccc3)c3ccccc3)cc2)c2cccc3c2CCCC3)cc1. The van der Waals surface area contributed by atoms with Gasteiger partial charge in [-0.1, -0.05) is 103 Å². The van der Waals surface area contributed by atoms with E-state index >= 15 is 0 Å². The first-order valence-corrected chi connectivity index (χ1v) is 13.7. The second-order valence-corrected chi connectivity index (χ2v) is 10.2. The largest absolute Gasteiger partial charge is 0.310 e. The fraction of sp³-hybridized carbons (Fsp3) is 0.135. The smallest absolute Gasteiger partial charge is 0.0496 e. The van der Waals surface area contributed by atoms with Crippen LogP contribution in [0.5, 0.6) is 0 Å². The first-order valence-electron chi connectivity index (χ1n) is 13.7. The van der Waals surface area contributed by atoms with Gasteiger partial charge in [-0.15, -0.1) is 0 Å². The van der Waals surface area contributed by atoms with Crippen LogP contribution in [-0.4, -0.2) is 0 Å². The summed E-state index contributed by atoms with van der Waals surface area (Å²) in [5.41, 5.74) is 12.8. The topological polar surface area (TPSA) is 3.24 Å². The molecule has 0 aromatic heterocycles. The van der Waals surface area contributed by atoms with E-state index in [2.05, 4.69) is 145 Å². The highest BCUT2D eigenvalue weighted by molar-refractivity contribution is 5.91. The van der Waals surface area contributed by atoms with Crippen LogP contribution in [0, 0.1) is 6.92 Å². The van der Waals surface area contributed by atoms with Gasteiger partial charge >= 0.3 is 0 Å². The highest BCUT2D eigenvalue weighted by atomic mass is 15.1. The summed E-state index contributed by atoms with van der Waals surface area (Å²) in [4.78, 5) is 2.44. The minimum atomic E-state index is 1.15. The Bertz CT molecular complexity index is 1490. The van der Waals surface area contributed by atoms with E-state index in [1.54, 1.807) is 0 Å². The molecule has 5 aromatic rings. The molecule has 38 heavy (non-hydrogen) atoms. The van der Waals surface area contributed by atoms with E-state index < -0.39 is 0 Å². The summed E-state index contributed by atoms with van der Waals surface area (Å²) in [6.45, 7) is 2.15. The lowest BCUT2D eigenvalue weighted by Crippen LogP contribution is -2.15. The quantitative estimate of drug-likeness (QED) is 0.214. The molecule has 0 radical (unpaired) electrons. The van der Waals surface area contributed by atoms with Crippen molar-refractivity contribution in [2.45, 2.75) is 32.6 Å². The Hall–Kier alpha value is -4.36. The zero-order valence-electron chi connectivity index (χ0n) is 22.0. The second kappa shape index (κ2) is 10.9. The minimum Gasteiger partial charge on any atom is -0.310 e. The number of nitrogens with zero attached hydrogens (tertiary/aromatic N) is 1. The molecule has 1 aliphatic rings. The molecule has 0 atom stereocenters. The van der Waals surface area contributed by atoms with Crippen molar-refractivity contribution < 1.29 is 0 Å². The molecule has 0 saturated carbocycles. The van der Waals surface area contributed by atoms with E-state index in [1.165, 1.54) is 75.3 Å². The van der Waals surface area contributed by atoms with Crippen molar-refractivity contribution in [3.05, 3.63) is 161 Å². The number of rotatable bonds is 6.